The van der Waals surface area contributed by atoms with E-state index >= 15 is 0 Å². The highest BCUT2D eigenvalue weighted by Gasteiger charge is 2.13. The van der Waals surface area contributed by atoms with Crippen molar-refractivity contribution in [2.24, 2.45) is 12.8 Å². The number of thiocarbonyl (C=S) groups is 1. The van der Waals surface area contributed by atoms with Gasteiger partial charge in [-0.2, -0.15) is 5.10 Å². The molecule has 0 atom stereocenters. The zero-order chi connectivity index (χ0) is 14.0. The molecule has 2 aromatic rings. The molecule has 6 heteroatoms. The van der Waals surface area contributed by atoms with Gasteiger partial charge >= 0.3 is 0 Å². The SMILES string of the molecule is Cc1cccc(NC(=O)c2ccn(C)n2)c1C(N)=S. The molecule has 0 aliphatic carbocycles. The van der Waals surface area contributed by atoms with Gasteiger partial charge in [0, 0.05) is 18.8 Å². The summed E-state index contributed by atoms with van der Waals surface area (Å²) in [5.41, 5.74) is 8.24. The number of nitrogens with zero attached hydrogens (tertiary/aromatic N) is 2. The van der Waals surface area contributed by atoms with Crippen molar-refractivity contribution in [3.8, 4) is 0 Å². The predicted molar refractivity (Wildman–Crippen MR) is 78.2 cm³/mol. The molecule has 1 aromatic heterocycles. The van der Waals surface area contributed by atoms with Gasteiger partial charge in [0.25, 0.3) is 5.91 Å². The van der Waals surface area contributed by atoms with Crippen molar-refractivity contribution >= 4 is 28.8 Å². The summed E-state index contributed by atoms with van der Waals surface area (Å²) >= 11 is 5.02. The summed E-state index contributed by atoms with van der Waals surface area (Å²) in [4.78, 5) is 12.3. The Morgan fingerprint density at radius 3 is 2.74 bits per heavy atom. The maximum absolute atomic E-state index is 12.0. The second-order valence-corrected chi connectivity index (χ2v) is 4.63. The van der Waals surface area contributed by atoms with E-state index in [1.807, 2.05) is 19.1 Å². The quantitative estimate of drug-likeness (QED) is 0.834. The Morgan fingerprint density at radius 2 is 2.16 bits per heavy atom. The molecule has 98 valence electrons. The number of nitrogens with one attached hydrogen (secondary N) is 1. The minimum absolute atomic E-state index is 0.259. The molecule has 0 saturated heterocycles. The van der Waals surface area contributed by atoms with Crippen molar-refractivity contribution in [1.29, 1.82) is 0 Å². The van der Waals surface area contributed by atoms with Gasteiger partial charge in [-0.1, -0.05) is 24.4 Å². The van der Waals surface area contributed by atoms with Crippen molar-refractivity contribution < 1.29 is 4.79 Å². The molecule has 0 radical (unpaired) electrons. The Labute approximate surface area is 116 Å². The predicted octanol–water partition coefficient (Wildman–Crippen LogP) is 1.62. The average molecular weight is 274 g/mol. The van der Waals surface area contributed by atoms with Gasteiger partial charge in [0.15, 0.2) is 5.69 Å². The molecule has 0 aliphatic heterocycles. The van der Waals surface area contributed by atoms with E-state index in [4.69, 9.17) is 18.0 Å². The lowest BCUT2D eigenvalue weighted by molar-refractivity contribution is 0.102. The summed E-state index contributed by atoms with van der Waals surface area (Å²) < 4.78 is 1.57. The maximum atomic E-state index is 12.0. The molecule has 1 amide bonds. The van der Waals surface area contributed by atoms with Crippen LogP contribution in [-0.2, 0) is 7.05 Å². The smallest absolute Gasteiger partial charge is 0.276 e. The van der Waals surface area contributed by atoms with E-state index in [-0.39, 0.29) is 10.9 Å². The number of benzene rings is 1. The van der Waals surface area contributed by atoms with Crippen molar-refractivity contribution in [2.45, 2.75) is 6.92 Å². The van der Waals surface area contributed by atoms with Crippen LogP contribution < -0.4 is 11.1 Å². The van der Waals surface area contributed by atoms with E-state index in [1.54, 1.807) is 30.1 Å². The van der Waals surface area contributed by atoms with Crippen LogP contribution in [0.5, 0.6) is 0 Å². The number of hydrogen-bond acceptors (Lipinski definition) is 3. The first-order chi connectivity index (χ1) is 8.99. The Kier molecular flexibility index (Phi) is 3.62. The molecule has 3 N–H and O–H groups in total. The normalized spacial score (nSPS) is 10.2. The van der Waals surface area contributed by atoms with Crippen LogP contribution in [0.2, 0.25) is 0 Å². The van der Waals surface area contributed by atoms with Crippen LogP contribution in [0.4, 0.5) is 5.69 Å². The minimum atomic E-state index is -0.288. The van der Waals surface area contributed by atoms with Gasteiger partial charge in [-0.15, -0.1) is 0 Å². The number of anilines is 1. The number of carbonyl (C=O) groups excluding carboxylic acids is 1. The first-order valence-electron chi connectivity index (χ1n) is 5.69. The number of hydrogen-bond donors (Lipinski definition) is 2. The molecule has 1 heterocycles. The summed E-state index contributed by atoms with van der Waals surface area (Å²) in [5, 5.41) is 6.82. The first kappa shape index (κ1) is 13.2. The maximum Gasteiger partial charge on any atom is 0.276 e. The number of rotatable bonds is 3. The second kappa shape index (κ2) is 5.19. The molecule has 0 spiro atoms. The number of aryl methyl sites for hydroxylation is 2. The van der Waals surface area contributed by atoms with Crippen molar-refractivity contribution in [2.75, 3.05) is 5.32 Å². The molecule has 19 heavy (non-hydrogen) atoms. The molecule has 0 fully saturated rings. The highest BCUT2D eigenvalue weighted by atomic mass is 32.1. The second-order valence-electron chi connectivity index (χ2n) is 4.19. The monoisotopic (exact) mass is 274 g/mol. The van der Waals surface area contributed by atoms with Crippen LogP contribution in [0.25, 0.3) is 0 Å². The summed E-state index contributed by atoms with van der Waals surface area (Å²) in [6, 6.07) is 7.14. The fourth-order valence-corrected chi connectivity index (χ4v) is 2.09. The molecule has 2 rings (SSSR count). The van der Waals surface area contributed by atoms with Crippen LogP contribution in [0, 0.1) is 6.92 Å². The zero-order valence-corrected chi connectivity index (χ0v) is 11.5. The molecule has 1 aromatic carbocycles. The number of aromatic nitrogens is 2. The third-order valence-corrected chi connectivity index (χ3v) is 2.92. The van der Waals surface area contributed by atoms with Gasteiger partial charge in [0.1, 0.15) is 4.99 Å². The molecule has 0 bridgehead atoms. The zero-order valence-electron chi connectivity index (χ0n) is 10.7. The van der Waals surface area contributed by atoms with Crippen LogP contribution in [0.15, 0.2) is 30.5 Å². The van der Waals surface area contributed by atoms with Crippen molar-refractivity contribution in [3.05, 3.63) is 47.3 Å². The Hall–Kier alpha value is -2.21. The van der Waals surface area contributed by atoms with Gasteiger partial charge in [0.05, 0.1) is 5.69 Å². The molecule has 0 saturated carbocycles. The lowest BCUT2D eigenvalue weighted by Crippen LogP contribution is -2.19. The van der Waals surface area contributed by atoms with Crippen molar-refractivity contribution in [1.82, 2.24) is 9.78 Å². The Bertz CT molecular complexity index is 648. The summed E-state index contributed by atoms with van der Waals surface area (Å²) in [6.07, 6.45) is 1.71. The van der Waals surface area contributed by atoms with Gasteiger partial charge in [-0.25, -0.2) is 0 Å². The van der Waals surface area contributed by atoms with Gasteiger partial charge < -0.3 is 11.1 Å². The summed E-state index contributed by atoms with van der Waals surface area (Å²) in [6.45, 7) is 1.89. The lowest BCUT2D eigenvalue weighted by atomic mass is 10.1. The fourth-order valence-electron chi connectivity index (χ4n) is 1.82. The Morgan fingerprint density at radius 1 is 1.42 bits per heavy atom. The van der Waals surface area contributed by atoms with E-state index in [0.29, 0.717) is 16.9 Å². The van der Waals surface area contributed by atoms with Gasteiger partial charge in [-0.05, 0) is 24.6 Å². The van der Waals surface area contributed by atoms with Gasteiger partial charge in [0.2, 0.25) is 0 Å². The van der Waals surface area contributed by atoms with Crippen LogP contribution in [0.1, 0.15) is 21.6 Å². The van der Waals surface area contributed by atoms with Crippen LogP contribution in [0.3, 0.4) is 0 Å². The third kappa shape index (κ3) is 2.79. The van der Waals surface area contributed by atoms with E-state index in [1.165, 1.54) is 0 Å². The van der Waals surface area contributed by atoms with E-state index < -0.39 is 0 Å². The Balaban J connectivity index is 2.31. The lowest BCUT2D eigenvalue weighted by Gasteiger charge is -2.11. The topological polar surface area (TPSA) is 72.9 Å². The standard InChI is InChI=1S/C13H14N4OS/c1-8-4-3-5-9(11(8)12(14)19)15-13(18)10-6-7-17(2)16-10/h3-7H,1-2H3,(H2,14,19)(H,15,18). The van der Waals surface area contributed by atoms with Crippen LogP contribution >= 0.6 is 12.2 Å². The largest absolute Gasteiger partial charge is 0.389 e. The van der Waals surface area contributed by atoms with Crippen molar-refractivity contribution in [3.63, 3.8) is 0 Å². The molecule has 5 nitrogen and oxygen atoms in total. The third-order valence-electron chi connectivity index (χ3n) is 2.71. The van der Waals surface area contributed by atoms with E-state index in [9.17, 15) is 4.79 Å². The summed E-state index contributed by atoms with van der Waals surface area (Å²) in [5.74, 6) is -0.288. The highest BCUT2D eigenvalue weighted by molar-refractivity contribution is 7.80. The molecule has 0 unspecified atom stereocenters. The van der Waals surface area contributed by atoms with Crippen LogP contribution in [-0.4, -0.2) is 20.7 Å². The summed E-state index contributed by atoms with van der Waals surface area (Å²) in [7, 11) is 1.75. The number of amides is 1. The average Bonchev–Trinajstić information content (AvgIpc) is 2.75. The number of nitrogens with two attached hydrogens (primary N) is 1. The van der Waals surface area contributed by atoms with Gasteiger partial charge in [-0.3, -0.25) is 9.48 Å². The van der Waals surface area contributed by atoms with E-state index in [2.05, 4.69) is 10.4 Å². The number of carbonyl (C=O) groups is 1. The molecular weight excluding hydrogens is 260 g/mol. The molecular formula is C13H14N4OS. The molecule has 0 aliphatic rings. The highest BCUT2D eigenvalue weighted by Crippen LogP contribution is 2.20. The minimum Gasteiger partial charge on any atom is -0.389 e. The fraction of sp³-hybridized carbons (Fsp3) is 0.154. The first-order valence-corrected chi connectivity index (χ1v) is 6.10. The van der Waals surface area contributed by atoms with E-state index in [0.717, 1.165) is 5.56 Å².